The average Bonchev–Trinajstić information content (AvgIpc) is 3.21. The third-order valence-corrected chi connectivity index (χ3v) is 5.59. The first-order valence-electron chi connectivity index (χ1n) is 9.27. The van der Waals surface area contributed by atoms with E-state index in [-0.39, 0.29) is 11.3 Å². The Morgan fingerprint density at radius 3 is 2.57 bits per heavy atom. The Kier molecular flexibility index (Phi) is 5.24. The van der Waals surface area contributed by atoms with E-state index in [9.17, 15) is 18.0 Å². The molecule has 0 spiro atoms. The molecule has 1 amide bonds. The van der Waals surface area contributed by atoms with E-state index in [0.29, 0.717) is 18.1 Å². The number of halogens is 4. The van der Waals surface area contributed by atoms with E-state index >= 15 is 0 Å². The van der Waals surface area contributed by atoms with Crippen LogP contribution in [0.4, 0.5) is 13.2 Å². The van der Waals surface area contributed by atoms with Crippen LogP contribution >= 0.6 is 11.6 Å². The molecule has 0 fully saturated rings. The third kappa shape index (κ3) is 3.54. The Morgan fingerprint density at radius 1 is 1.10 bits per heavy atom. The summed E-state index contributed by atoms with van der Waals surface area (Å²) >= 11 is 6.42. The minimum atomic E-state index is -4.64. The third-order valence-electron chi connectivity index (χ3n) is 5.25. The van der Waals surface area contributed by atoms with Gasteiger partial charge < -0.3 is 14.2 Å². The molecule has 1 unspecified atom stereocenters. The van der Waals surface area contributed by atoms with Crippen molar-refractivity contribution in [3.63, 3.8) is 0 Å². The molecule has 1 aromatic heterocycles. The fourth-order valence-corrected chi connectivity index (χ4v) is 4.09. The lowest BCUT2D eigenvalue weighted by Crippen LogP contribution is -2.42. The molecule has 30 heavy (non-hydrogen) atoms. The zero-order valence-corrected chi connectivity index (χ0v) is 16.7. The molecular formula is C22H18ClF3N2O2. The lowest BCUT2D eigenvalue weighted by molar-refractivity contribution is -0.138. The molecule has 1 aliphatic rings. The molecule has 4 nitrogen and oxygen atoms in total. The molecule has 3 aromatic rings. The molecule has 0 radical (unpaired) electrons. The molecule has 0 aliphatic carbocycles. The molecule has 0 bridgehead atoms. The van der Waals surface area contributed by atoms with Crippen LogP contribution in [0.3, 0.4) is 0 Å². The molecule has 0 saturated heterocycles. The summed E-state index contributed by atoms with van der Waals surface area (Å²) in [7, 11) is 1.16. The highest BCUT2D eigenvalue weighted by molar-refractivity contribution is 6.31. The van der Waals surface area contributed by atoms with Gasteiger partial charge in [0.05, 0.1) is 18.7 Å². The van der Waals surface area contributed by atoms with Gasteiger partial charge in [-0.05, 0) is 42.0 Å². The number of aromatic nitrogens is 1. The summed E-state index contributed by atoms with van der Waals surface area (Å²) < 4.78 is 47.2. The van der Waals surface area contributed by atoms with Gasteiger partial charge in [0.15, 0.2) is 0 Å². The number of fused-ring (bicyclic) bond motifs is 1. The number of ether oxygens (including phenoxy) is 1. The number of hydrogen-bond donors (Lipinski definition) is 0. The first kappa shape index (κ1) is 20.3. The van der Waals surface area contributed by atoms with Crippen molar-refractivity contribution in [1.29, 1.82) is 0 Å². The van der Waals surface area contributed by atoms with Crippen molar-refractivity contribution >= 4 is 17.5 Å². The summed E-state index contributed by atoms with van der Waals surface area (Å²) in [5.41, 5.74) is 0.537. The van der Waals surface area contributed by atoms with Crippen molar-refractivity contribution < 1.29 is 22.7 Å². The van der Waals surface area contributed by atoms with E-state index in [0.717, 1.165) is 24.4 Å². The highest BCUT2D eigenvalue weighted by Crippen LogP contribution is 2.39. The predicted molar refractivity (Wildman–Crippen MR) is 107 cm³/mol. The van der Waals surface area contributed by atoms with Gasteiger partial charge in [-0.3, -0.25) is 4.79 Å². The summed E-state index contributed by atoms with van der Waals surface area (Å²) in [6, 6.07) is 13.8. The minimum absolute atomic E-state index is 0.0554. The Hall–Kier alpha value is -2.93. The maximum Gasteiger partial charge on any atom is 0.419 e. The van der Waals surface area contributed by atoms with Gasteiger partial charge in [-0.25, -0.2) is 0 Å². The smallest absolute Gasteiger partial charge is 0.419 e. The van der Waals surface area contributed by atoms with E-state index in [1.165, 1.54) is 12.1 Å². The number of carbonyl (C=O) groups excluding carboxylic acids is 1. The molecule has 8 heteroatoms. The Morgan fingerprint density at radius 2 is 1.87 bits per heavy atom. The summed E-state index contributed by atoms with van der Waals surface area (Å²) in [5.74, 6) is -0.824. The van der Waals surface area contributed by atoms with Crippen LogP contribution in [0, 0.1) is 0 Å². The quantitative estimate of drug-likeness (QED) is 0.552. The minimum Gasteiger partial charge on any atom is -0.496 e. The Bertz CT molecular complexity index is 1090. The van der Waals surface area contributed by atoms with Gasteiger partial charge in [-0.2, -0.15) is 13.2 Å². The van der Waals surface area contributed by atoms with Gasteiger partial charge in [-0.1, -0.05) is 29.8 Å². The highest BCUT2D eigenvalue weighted by atomic mass is 35.5. The fourth-order valence-electron chi connectivity index (χ4n) is 3.85. The molecule has 0 N–H and O–H groups in total. The van der Waals surface area contributed by atoms with Crippen molar-refractivity contribution in [3.05, 3.63) is 88.2 Å². The summed E-state index contributed by atoms with van der Waals surface area (Å²) in [6.07, 6.45) is -2.73. The zero-order chi connectivity index (χ0) is 21.5. The predicted octanol–water partition coefficient (Wildman–Crippen LogP) is 5.41. The SMILES string of the molecule is COc1ccc(C(=O)N2CCn3cccc3C2c2ccccc2Cl)cc1C(F)(F)F. The highest BCUT2D eigenvalue weighted by Gasteiger charge is 2.37. The number of methoxy groups -OCH3 is 1. The largest absolute Gasteiger partial charge is 0.496 e. The number of hydrogen-bond acceptors (Lipinski definition) is 2. The van der Waals surface area contributed by atoms with Gasteiger partial charge in [0.2, 0.25) is 0 Å². The molecule has 0 saturated carbocycles. The second kappa shape index (κ2) is 7.72. The van der Waals surface area contributed by atoms with Crippen LogP contribution < -0.4 is 4.74 Å². The van der Waals surface area contributed by atoms with Crippen LogP contribution in [0.15, 0.2) is 60.8 Å². The number of carbonyl (C=O) groups is 1. The topological polar surface area (TPSA) is 34.5 Å². The molecular weight excluding hydrogens is 417 g/mol. The van der Waals surface area contributed by atoms with E-state index in [2.05, 4.69) is 0 Å². The Labute approximate surface area is 176 Å². The first-order chi connectivity index (χ1) is 14.3. The molecule has 2 heterocycles. The average molecular weight is 435 g/mol. The van der Waals surface area contributed by atoms with Gasteiger partial charge >= 0.3 is 6.18 Å². The van der Waals surface area contributed by atoms with E-state index < -0.39 is 23.7 Å². The second-order valence-electron chi connectivity index (χ2n) is 6.96. The van der Waals surface area contributed by atoms with E-state index in [4.69, 9.17) is 16.3 Å². The lowest BCUT2D eigenvalue weighted by atomic mass is 9.98. The zero-order valence-electron chi connectivity index (χ0n) is 16.0. The molecule has 1 aliphatic heterocycles. The van der Waals surface area contributed by atoms with Gasteiger partial charge in [0.25, 0.3) is 5.91 Å². The molecule has 156 valence electrons. The van der Waals surface area contributed by atoms with Crippen LogP contribution in [0.25, 0.3) is 0 Å². The van der Waals surface area contributed by atoms with Crippen molar-refractivity contribution in [2.75, 3.05) is 13.7 Å². The number of amides is 1. The van der Waals surface area contributed by atoms with E-state index in [1.807, 2.05) is 35.0 Å². The van der Waals surface area contributed by atoms with Crippen molar-refractivity contribution in [3.8, 4) is 5.75 Å². The molecule has 4 rings (SSSR count). The van der Waals surface area contributed by atoms with Crippen molar-refractivity contribution in [1.82, 2.24) is 9.47 Å². The monoisotopic (exact) mass is 434 g/mol. The maximum atomic E-state index is 13.4. The number of rotatable bonds is 3. The van der Waals surface area contributed by atoms with Crippen LogP contribution in [0.5, 0.6) is 5.75 Å². The lowest BCUT2D eigenvalue weighted by Gasteiger charge is -2.38. The normalized spacial score (nSPS) is 16.3. The summed E-state index contributed by atoms with van der Waals surface area (Å²) in [5, 5.41) is 0.487. The molecule has 2 aromatic carbocycles. The van der Waals surface area contributed by atoms with Crippen LogP contribution in [-0.2, 0) is 12.7 Å². The summed E-state index contributed by atoms with van der Waals surface area (Å²) in [4.78, 5) is 14.9. The van der Waals surface area contributed by atoms with Crippen molar-refractivity contribution in [2.24, 2.45) is 0 Å². The van der Waals surface area contributed by atoms with Crippen LogP contribution in [-0.4, -0.2) is 29.0 Å². The number of benzene rings is 2. The molecule has 1 atom stereocenters. The van der Waals surface area contributed by atoms with Crippen LogP contribution in [0.2, 0.25) is 5.02 Å². The standard InChI is InChI=1S/C22H18ClF3N2O2/c1-30-19-9-8-14(13-16(19)22(24,25)26)21(29)28-12-11-27-10-4-7-18(27)20(28)15-5-2-3-6-17(15)23/h2-10,13,20H,11-12H2,1H3. The van der Waals surface area contributed by atoms with Gasteiger partial charge in [0, 0.05) is 35.6 Å². The van der Waals surface area contributed by atoms with Gasteiger partial charge in [0.1, 0.15) is 5.75 Å². The van der Waals surface area contributed by atoms with Crippen LogP contribution in [0.1, 0.15) is 33.2 Å². The Balaban J connectivity index is 1.79. The number of alkyl halides is 3. The first-order valence-corrected chi connectivity index (χ1v) is 9.64. The fraction of sp³-hybridized carbons (Fsp3) is 0.227. The number of nitrogens with zero attached hydrogens (tertiary/aromatic N) is 2. The van der Waals surface area contributed by atoms with Gasteiger partial charge in [-0.15, -0.1) is 0 Å². The van der Waals surface area contributed by atoms with Crippen molar-refractivity contribution in [2.45, 2.75) is 18.8 Å². The second-order valence-corrected chi connectivity index (χ2v) is 7.37. The van der Waals surface area contributed by atoms with E-state index in [1.54, 1.807) is 17.0 Å². The maximum absolute atomic E-state index is 13.4. The summed E-state index contributed by atoms with van der Waals surface area (Å²) in [6.45, 7) is 0.876.